The fraction of sp³-hybridized carbons (Fsp3) is 0.267. The third-order valence-electron chi connectivity index (χ3n) is 2.87. The minimum absolute atomic E-state index is 0.286. The molecule has 0 bridgehead atoms. The van der Waals surface area contributed by atoms with E-state index in [4.69, 9.17) is 0 Å². The Kier molecular flexibility index (Phi) is 3.60. The van der Waals surface area contributed by atoms with Gasteiger partial charge in [-0.1, -0.05) is 32.0 Å². The number of hydrogen-bond donors (Lipinski definition) is 0. The summed E-state index contributed by atoms with van der Waals surface area (Å²) in [5.74, 6) is 0.286. The van der Waals surface area contributed by atoms with Gasteiger partial charge in [-0.2, -0.15) is 13.2 Å². The third kappa shape index (κ3) is 3.13. The van der Waals surface area contributed by atoms with Crippen molar-refractivity contribution in [3.8, 4) is 11.3 Å². The standard InChI is InChI=1S/C15H14F3N/c1-10(2)13-4-3-5-14(19-13)11-6-8-12(9-7-11)15(16,17)18/h3-10H,1-2H3. The highest BCUT2D eigenvalue weighted by Crippen LogP contribution is 2.30. The molecule has 0 amide bonds. The number of alkyl halides is 3. The van der Waals surface area contributed by atoms with Gasteiger partial charge in [0.2, 0.25) is 0 Å². The summed E-state index contributed by atoms with van der Waals surface area (Å²) < 4.78 is 37.4. The molecule has 19 heavy (non-hydrogen) atoms. The SMILES string of the molecule is CC(C)c1cccc(-c2ccc(C(F)(F)F)cc2)n1. The molecule has 1 heterocycles. The maximum absolute atomic E-state index is 12.5. The molecule has 0 N–H and O–H groups in total. The maximum atomic E-state index is 12.5. The molecule has 0 aliphatic carbocycles. The van der Waals surface area contributed by atoms with Gasteiger partial charge in [0.1, 0.15) is 0 Å². The van der Waals surface area contributed by atoms with E-state index in [2.05, 4.69) is 4.98 Å². The van der Waals surface area contributed by atoms with Crippen molar-refractivity contribution in [3.63, 3.8) is 0 Å². The summed E-state index contributed by atoms with van der Waals surface area (Å²) in [4.78, 5) is 4.45. The van der Waals surface area contributed by atoms with Gasteiger partial charge in [-0.05, 0) is 30.2 Å². The van der Waals surface area contributed by atoms with E-state index in [9.17, 15) is 13.2 Å². The van der Waals surface area contributed by atoms with E-state index < -0.39 is 11.7 Å². The van der Waals surface area contributed by atoms with Crippen molar-refractivity contribution in [2.24, 2.45) is 0 Å². The summed E-state index contributed by atoms with van der Waals surface area (Å²) in [7, 11) is 0. The van der Waals surface area contributed by atoms with Crippen LogP contribution in [-0.2, 0) is 6.18 Å². The minimum atomic E-state index is -4.30. The zero-order chi connectivity index (χ0) is 14.0. The summed E-state index contributed by atoms with van der Waals surface area (Å²) in [6.45, 7) is 4.05. The van der Waals surface area contributed by atoms with Crippen molar-refractivity contribution in [2.75, 3.05) is 0 Å². The summed E-state index contributed by atoms with van der Waals surface area (Å²) in [6.07, 6.45) is -4.30. The second-order valence-corrected chi connectivity index (χ2v) is 4.68. The van der Waals surface area contributed by atoms with Gasteiger partial charge in [0.15, 0.2) is 0 Å². The second kappa shape index (κ2) is 5.03. The average molecular weight is 265 g/mol. The van der Waals surface area contributed by atoms with Crippen molar-refractivity contribution in [3.05, 3.63) is 53.7 Å². The topological polar surface area (TPSA) is 12.9 Å². The van der Waals surface area contributed by atoms with Crippen LogP contribution >= 0.6 is 0 Å². The van der Waals surface area contributed by atoms with Crippen molar-refractivity contribution in [1.29, 1.82) is 0 Å². The average Bonchev–Trinajstić information content (AvgIpc) is 2.38. The largest absolute Gasteiger partial charge is 0.416 e. The number of halogens is 3. The Balaban J connectivity index is 2.35. The van der Waals surface area contributed by atoms with E-state index in [0.717, 1.165) is 17.8 Å². The van der Waals surface area contributed by atoms with Gasteiger partial charge in [-0.3, -0.25) is 4.98 Å². The zero-order valence-corrected chi connectivity index (χ0v) is 10.7. The molecule has 0 saturated heterocycles. The second-order valence-electron chi connectivity index (χ2n) is 4.68. The Morgan fingerprint density at radius 3 is 2.11 bits per heavy atom. The number of rotatable bonds is 2. The predicted molar refractivity (Wildman–Crippen MR) is 68.8 cm³/mol. The van der Waals surface area contributed by atoms with Crippen LogP contribution in [0.25, 0.3) is 11.3 Å². The fourth-order valence-electron chi connectivity index (χ4n) is 1.76. The molecule has 1 nitrogen and oxygen atoms in total. The Labute approximate surface area is 110 Å². The molecule has 2 rings (SSSR count). The molecular formula is C15H14F3N. The van der Waals surface area contributed by atoms with E-state index >= 15 is 0 Å². The minimum Gasteiger partial charge on any atom is -0.253 e. The lowest BCUT2D eigenvalue weighted by Gasteiger charge is -2.09. The molecule has 0 radical (unpaired) electrons. The third-order valence-corrected chi connectivity index (χ3v) is 2.87. The highest BCUT2D eigenvalue weighted by Gasteiger charge is 2.29. The first-order valence-electron chi connectivity index (χ1n) is 6.02. The summed E-state index contributed by atoms with van der Waals surface area (Å²) in [6, 6.07) is 10.7. The van der Waals surface area contributed by atoms with Crippen LogP contribution in [0, 0.1) is 0 Å². The first-order valence-corrected chi connectivity index (χ1v) is 6.02. The van der Waals surface area contributed by atoms with E-state index in [1.807, 2.05) is 26.0 Å². The first kappa shape index (κ1) is 13.6. The highest BCUT2D eigenvalue weighted by atomic mass is 19.4. The molecule has 0 aliphatic rings. The van der Waals surface area contributed by atoms with Gasteiger partial charge < -0.3 is 0 Å². The summed E-state index contributed by atoms with van der Waals surface area (Å²) in [5.41, 5.74) is 1.67. The summed E-state index contributed by atoms with van der Waals surface area (Å²) in [5, 5.41) is 0. The Morgan fingerprint density at radius 2 is 1.58 bits per heavy atom. The van der Waals surface area contributed by atoms with E-state index in [1.165, 1.54) is 12.1 Å². The van der Waals surface area contributed by atoms with Crippen molar-refractivity contribution in [2.45, 2.75) is 25.9 Å². The van der Waals surface area contributed by atoms with Crippen molar-refractivity contribution in [1.82, 2.24) is 4.98 Å². The molecule has 2 aromatic rings. The van der Waals surface area contributed by atoms with E-state index in [-0.39, 0.29) is 5.92 Å². The van der Waals surface area contributed by atoms with Gasteiger partial charge in [-0.15, -0.1) is 0 Å². The monoisotopic (exact) mass is 265 g/mol. The molecule has 0 unspecified atom stereocenters. The van der Waals surface area contributed by atoms with Crippen LogP contribution < -0.4 is 0 Å². The maximum Gasteiger partial charge on any atom is 0.416 e. The van der Waals surface area contributed by atoms with E-state index in [1.54, 1.807) is 6.07 Å². The van der Waals surface area contributed by atoms with Crippen LogP contribution in [0.1, 0.15) is 31.0 Å². The molecule has 1 aromatic carbocycles. The van der Waals surface area contributed by atoms with Crippen LogP contribution in [0.3, 0.4) is 0 Å². The van der Waals surface area contributed by atoms with Crippen LogP contribution in [-0.4, -0.2) is 4.98 Å². The number of benzene rings is 1. The molecule has 4 heteroatoms. The Bertz CT molecular complexity index is 556. The Hall–Kier alpha value is -1.84. The molecular weight excluding hydrogens is 251 g/mol. The number of pyridine rings is 1. The lowest BCUT2D eigenvalue weighted by molar-refractivity contribution is -0.137. The fourth-order valence-corrected chi connectivity index (χ4v) is 1.76. The Morgan fingerprint density at radius 1 is 0.947 bits per heavy atom. The molecule has 0 atom stereocenters. The normalized spacial score (nSPS) is 11.9. The predicted octanol–water partition coefficient (Wildman–Crippen LogP) is 4.89. The molecule has 0 fully saturated rings. The molecule has 100 valence electrons. The van der Waals surface area contributed by atoms with Crippen molar-refractivity contribution < 1.29 is 13.2 Å². The van der Waals surface area contributed by atoms with Gasteiger partial charge >= 0.3 is 6.18 Å². The van der Waals surface area contributed by atoms with Gasteiger partial charge in [-0.25, -0.2) is 0 Å². The van der Waals surface area contributed by atoms with E-state index in [0.29, 0.717) is 11.3 Å². The lowest BCUT2D eigenvalue weighted by atomic mass is 10.1. The number of hydrogen-bond acceptors (Lipinski definition) is 1. The molecule has 0 saturated carbocycles. The lowest BCUT2D eigenvalue weighted by Crippen LogP contribution is -2.04. The molecule has 0 aliphatic heterocycles. The smallest absolute Gasteiger partial charge is 0.253 e. The first-order chi connectivity index (χ1) is 8.88. The zero-order valence-electron chi connectivity index (χ0n) is 10.7. The molecule has 1 aromatic heterocycles. The molecule has 0 spiro atoms. The van der Waals surface area contributed by atoms with Crippen LogP contribution in [0.4, 0.5) is 13.2 Å². The van der Waals surface area contributed by atoms with Gasteiger partial charge in [0.25, 0.3) is 0 Å². The number of nitrogens with zero attached hydrogens (tertiary/aromatic N) is 1. The quantitative estimate of drug-likeness (QED) is 0.753. The van der Waals surface area contributed by atoms with Crippen molar-refractivity contribution >= 4 is 0 Å². The van der Waals surface area contributed by atoms with Gasteiger partial charge in [0.05, 0.1) is 11.3 Å². The van der Waals surface area contributed by atoms with Crippen LogP contribution in [0.5, 0.6) is 0 Å². The summed E-state index contributed by atoms with van der Waals surface area (Å²) >= 11 is 0. The highest BCUT2D eigenvalue weighted by molar-refractivity contribution is 5.59. The number of aromatic nitrogens is 1. The van der Waals surface area contributed by atoms with Crippen LogP contribution in [0.15, 0.2) is 42.5 Å². The van der Waals surface area contributed by atoms with Gasteiger partial charge in [0, 0.05) is 11.3 Å². The van der Waals surface area contributed by atoms with Crippen LogP contribution in [0.2, 0.25) is 0 Å².